The lowest BCUT2D eigenvalue weighted by Crippen LogP contribution is -2.42. The number of esters is 1. The Hall–Kier alpha value is -3.15. The van der Waals surface area contributed by atoms with E-state index in [0.717, 1.165) is 5.56 Å². The third-order valence-corrected chi connectivity index (χ3v) is 3.88. The van der Waals surface area contributed by atoms with Crippen LogP contribution in [0.1, 0.15) is 35.7 Å². The molecule has 2 aromatic rings. The van der Waals surface area contributed by atoms with E-state index in [9.17, 15) is 14.4 Å². The van der Waals surface area contributed by atoms with Crippen molar-refractivity contribution in [3.63, 3.8) is 0 Å². The maximum atomic E-state index is 12.3. The molecule has 1 atom stereocenters. The van der Waals surface area contributed by atoms with Crippen molar-refractivity contribution in [1.29, 1.82) is 0 Å². The molecule has 2 aromatic carbocycles. The summed E-state index contributed by atoms with van der Waals surface area (Å²) in [4.78, 5) is 36.4. The monoisotopic (exact) mass is 368 g/mol. The maximum Gasteiger partial charge on any atom is 0.329 e. The lowest BCUT2D eigenvalue weighted by Gasteiger charge is -2.17. The number of benzene rings is 2. The predicted molar refractivity (Wildman–Crippen MR) is 102 cm³/mol. The van der Waals surface area contributed by atoms with Crippen molar-refractivity contribution in [2.24, 2.45) is 0 Å². The normalized spacial score (nSPS) is 11.3. The summed E-state index contributed by atoms with van der Waals surface area (Å²) in [6.07, 6.45) is 1.12. The van der Waals surface area contributed by atoms with E-state index in [1.165, 1.54) is 0 Å². The van der Waals surface area contributed by atoms with Gasteiger partial charge in [0.1, 0.15) is 6.04 Å². The Morgan fingerprint density at radius 2 is 1.59 bits per heavy atom. The van der Waals surface area contributed by atoms with Crippen LogP contribution < -0.4 is 10.6 Å². The number of hydrogen-bond donors (Lipinski definition) is 2. The van der Waals surface area contributed by atoms with E-state index in [1.54, 1.807) is 24.3 Å². The molecule has 2 amide bonds. The van der Waals surface area contributed by atoms with Crippen molar-refractivity contribution in [3.05, 3.63) is 71.8 Å². The fraction of sp³-hybridized carbons (Fsp3) is 0.286. The van der Waals surface area contributed by atoms with Gasteiger partial charge in [0, 0.05) is 12.1 Å². The van der Waals surface area contributed by atoms with Gasteiger partial charge >= 0.3 is 5.97 Å². The quantitative estimate of drug-likeness (QED) is 0.666. The Morgan fingerprint density at radius 1 is 0.963 bits per heavy atom. The van der Waals surface area contributed by atoms with E-state index in [0.29, 0.717) is 24.9 Å². The lowest BCUT2D eigenvalue weighted by molar-refractivity contribution is -0.150. The molecule has 0 aromatic heterocycles. The minimum atomic E-state index is -0.787. The second kappa shape index (κ2) is 10.8. The molecule has 6 heteroatoms. The molecule has 0 aliphatic carbocycles. The average Bonchev–Trinajstić information content (AvgIpc) is 2.71. The number of carbonyl (C=O) groups is 3. The van der Waals surface area contributed by atoms with Crippen molar-refractivity contribution >= 4 is 17.8 Å². The van der Waals surface area contributed by atoms with Gasteiger partial charge in [-0.15, -0.1) is 0 Å². The first-order valence-electron chi connectivity index (χ1n) is 8.93. The number of nitrogens with one attached hydrogen (secondary N) is 2. The van der Waals surface area contributed by atoms with Gasteiger partial charge in [0.15, 0.2) is 6.61 Å². The van der Waals surface area contributed by atoms with Gasteiger partial charge in [-0.2, -0.15) is 0 Å². The first kappa shape index (κ1) is 20.2. The third kappa shape index (κ3) is 6.93. The maximum absolute atomic E-state index is 12.3. The highest BCUT2D eigenvalue weighted by Crippen LogP contribution is 2.04. The lowest BCUT2D eigenvalue weighted by atomic mass is 10.1. The largest absolute Gasteiger partial charge is 0.454 e. The molecule has 0 fully saturated rings. The molecule has 0 aliphatic rings. The van der Waals surface area contributed by atoms with Crippen LogP contribution in [0.2, 0.25) is 0 Å². The Labute approximate surface area is 158 Å². The van der Waals surface area contributed by atoms with Gasteiger partial charge in [0.2, 0.25) is 0 Å². The number of amides is 2. The van der Waals surface area contributed by atoms with Crippen molar-refractivity contribution < 1.29 is 19.1 Å². The van der Waals surface area contributed by atoms with Gasteiger partial charge in [-0.05, 0) is 24.1 Å². The molecule has 0 aliphatic heterocycles. The van der Waals surface area contributed by atoms with Gasteiger partial charge in [-0.25, -0.2) is 4.79 Å². The zero-order valence-corrected chi connectivity index (χ0v) is 15.3. The van der Waals surface area contributed by atoms with Crippen LogP contribution in [-0.4, -0.2) is 30.4 Å². The SMILES string of the molecule is CCC[C@@H](NC(=O)c1ccccc1)C(=O)OCC(=O)NCc1ccccc1. The summed E-state index contributed by atoms with van der Waals surface area (Å²) in [7, 11) is 0. The van der Waals surface area contributed by atoms with Crippen LogP contribution in [0.15, 0.2) is 60.7 Å². The Balaban J connectivity index is 1.81. The molecular formula is C21H24N2O4. The van der Waals surface area contributed by atoms with Crippen LogP contribution in [0, 0.1) is 0 Å². The van der Waals surface area contributed by atoms with Crippen LogP contribution in [0.3, 0.4) is 0 Å². The second-order valence-corrected chi connectivity index (χ2v) is 6.05. The Morgan fingerprint density at radius 3 is 2.22 bits per heavy atom. The highest BCUT2D eigenvalue weighted by molar-refractivity contribution is 5.96. The first-order valence-corrected chi connectivity index (χ1v) is 8.93. The zero-order chi connectivity index (χ0) is 19.5. The predicted octanol–water partition coefficient (Wildman–Crippen LogP) is 2.44. The summed E-state index contributed by atoms with van der Waals surface area (Å²) < 4.78 is 5.08. The molecular weight excluding hydrogens is 344 g/mol. The molecule has 0 saturated heterocycles. The number of carbonyl (C=O) groups excluding carboxylic acids is 3. The molecule has 142 valence electrons. The molecule has 0 heterocycles. The smallest absolute Gasteiger partial charge is 0.329 e. The molecule has 6 nitrogen and oxygen atoms in total. The average molecular weight is 368 g/mol. The van der Waals surface area contributed by atoms with Crippen LogP contribution in [0.4, 0.5) is 0 Å². The zero-order valence-electron chi connectivity index (χ0n) is 15.3. The molecule has 0 bridgehead atoms. The Bertz CT molecular complexity index is 747. The second-order valence-electron chi connectivity index (χ2n) is 6.05. The fourth-order valence-corrected chi connectivity index (χ4v) is 2.45. The third-order valence-electron chi connectivity index (χ3n) is 3.88. The molecule has 0 saturated carbocycles. The molecule has 27 heavy (non-hydrogen) atoms. The molecule has 0 radical (unpaired) electrons. The summed E-state index contributed by atoms with van der Waals surface area (Å²) in [6.45, 7) is 1.88. The molecule has 2 rings (SSSR count). The van der Waals surface area contributed by atoms with E-state index in [-0.39, 0.29) is 12.5 Å². The molecule has 0 unspecified atom stereocenters. The number of hydrogen-bond acceptors (Lipinski definition) is 4. The van der Waals surface area contributed by atoms with Crippen LogP contribution >= 0.6 is 0 Å². The highest BCUT2D eigenvalue weighted by atomic mass is 16.5. The van der Waals surface area contributed by atoms with Crippen LogP contribution in [0.5, 0.6) is 0 Å². The van der Waals surface area contributed by atoms with Gasteiger partial charge < -0.3 is 15.4 Å². The summed E-state index contributed by atoms with van der Waals surface area (Å²) in [5.41, 5.74) is 1.42. The first-order chi connectivity index (χ1) is 13.1. The summed E-state index contributed by atoms with van der Waals surface area (Å²) >= 11 is 0. The van der Waals surface area contributed by atoms with Crippen molar-refractivity contribution in [3.8, 4) is 0 Å². The Kier molecular flexibility index (Phi) is 8.03. The van der Waals surface area contributed by atoms with Crippen LogP contribution in [-0.2, 0) is 20.9 Å². The van der Waals surface area contributed by atoms with E-state index in [4.69, 9.17) is 4.74 Å². The van der Waals surface area contributed by atoms with Crippen molar-refractivity contribution in [1.82, 2.24) is 10.6 Å². The topological polar surface area (TPSA) is 84.5 Å². The summed E-state index contributed by atoms with van der Waals surface area (Å²) in [5, 5.41) is 5.36. The number of ether oxygens (including phenoxy) is 1. The fourth-order valence-electron chi connectivity index (χ4n) is 2.45. The van der Waals surface area contributed by atoms with Gasteiger partial charge in [-0.3, -0.25) is 9.59 Å². The molecule has 0 spiro atoms. The van der Waals surface area contributed by atoms with E-state index in [2.05, 4.69) is 10.6 Å². The van der Waals surface area contributed by atoms with Crippen molar-refractivity contribution in [2.45, 2.75) is 32.4 Å². The summed E-state index contributed by atoms with van der Waals surface area (Å²) in [6, 6.07) is 17.3. The van der Waals surface area contributed by atoms with E-state index >= 15 is 0 Å². The van der Waals surface area contributed by atoms with Gasteiger partial charge in [-0.1, -0.05) is 61.9 Å². The van der Waals surface area contributed by atoms with Crippen LogP contribution in [0.25, 0.3) is 0 Å². The minimum absolute atomic E-state index is 0.348. The standard InChI is InChI=1S/C21H24N2O4/c1-2-9-18(23-20(25)17-12-7-4-8-13-17)21(26)27-15-19(24)22-14-16-10-5-3-6-11-16/h3-8,10-13,18H,2,9,14-15H2,1H3,(H,22,24)(H,23,25)/t18-/m1/s1. The molecule has 2 N–H and O–H groups in total. The van der Waals surface area contributed by atoms with Gasteiger partial charge in [0.05, 0.1) is 0 Å². The van der Waals surface area contributed by atoms with E-state index < -0.39 is 17.9 Å². The van der Waals surface area contributed by atoms with E-state index in [1.807, 2.05) is 43.3 Å². The minimum Gasteiger partial charge on any atom is -0.454 e. The van der Waals surface area contributed by atoms with Crippen molar-refractivity contribution in [2.75, 3.05) is 6.61 Å². The highest BCUT2D eigenvalue weighted by Gasteiger charge is 2.22. The number of rotatable bonds is 9. The van der Waals surface area contributed by atoms with Gasteiger partial charge in [0.25, 0.3) is 11.8 Å². The summed E-state index contributed by atoms with van der Waals surface area (Å²) in [5.74, 6) is -1.35.